The van der Waals surface area contributed by atoms with E-state index in [0.717, 1.165) is 0 Å². The number of rotatable bonds is 2. The maximum atomic E-state index is 13.2. The van der Waals surface area contributed by atoms with Crippen molar-refractivity contribution in [1.29, 1.82) is 0 Å². The molecule has 19 heavy (non-hydrogen) atoms. The molecule has 2 heterocycles. The van der Waals surface area contributed by atoms with E-state index in [1.54, 1.807) is 12.1 Å². The third-order valence-electron chi connectivity index (χ3n) is 2.58. The SMILES string of the molecule is NCc1cc(=O)n2nc(-c3cccc(F)c3)sc2n1. The predicted octanol–water partition coefficient (Wildman–Crippen LogP) is 1.42. The molecule has 0 fully saturated rings. The van der Waals surface area contributed by atoms with Gasteiger partial charge in [0.15, 0.2) is 0 Å². The molecule has 0 amide bonds. The highest BCUT2D eigenvalue weighted by Crippen LogP contribution is 2.24. The van der Waals surface area contributed by atoms with Gasteiger partial charge in [-0.15, -0.1) is 0 Å². The van der Waals surface area contributed by atoms with E-state index in [9.17, 15) is 9.18 Å². The molecule has 0 bridgehead atoms. The van der Waals surface area contributed by atoms with Gasteiger partial charge in [-0.05, 0) is 12.1 Å². The van der Waals surface area contributed by atoms with Gasteiger partial charge < -0.3 is 5.73 Å². The molecule has 96 valence electrons. The second-order valence-electron chi connectivity index (χ2n) is 3.90. The van der Waals surface area contributed by atoms with Crippen LogP contribution >= 0.6 is 11.3 Å². The number of fused-ring (bicyclic) bond motifs is 1. The lowest BCUT2D eigenvalue weighted by Gasteiger charge is -1.94. The maximum absolute atomic E-state index is 13.2. The van der Waals surface area contributed by atoms with Crippen LogP contribution in [0.3, 0.4) is 0 Å². The summed E-state index contributed by atoms with van der Waals surface area (Å²) in [6.45, 7) is 0.193. The van der Waals surface area contributed by atoms with Gasteiger partial charge in [0.25, 0.3) is 5.56 Å². The molecule has 2 aromatic heterocycles. The fourth-order valence-corrected chi connectivity index (χ4v) is 2.62. The van der Waals surface area contributed by atoms with E-state index in [0.29, 0.717) is 21.2 Å². The number of hydrogen-bond donors (Lipinski definition) is 1. The second-order valence-corrected chi connectivity index (χ2v) is 4.86. The summed E-state index contributed by atoms with van der Waals surface area (Å²) in [5.41, 5.74) is 6.31. The van der Waals surface area contributed by atoms with Crippen LogP contribution in [0, 0.1) is 5.82 Å². The summed E-state index contributed by atoms with van der Waals surface area (Å²) in [5.74, 6) is -0.347. The molecule has 0 aliphatic rings. The molecule has 0 aliphatic heterocycles. The number of hydrogen-bond acceptors (Lipinski definition) is 5. The Bertz CT molecular complexity index is 811. The fourth-order valence-electron chi connectivity index (χ4n) is 1.70. The first-order chi connectivity index (χ1) is 9.17. The van der Waals surface area contributed by atoms with E-state index in [-0.39, 0.29) is 17.9 Å². The molecule has 5 nitrogen and oxygen atoms in total. The zero-order valence-corrected chi connectivity index (χ0v) is 10.5. The first-order valence-electron chi connectivity index (χ1n) is 5.53. The standard InChI is InChI=1S/C12H9FN4OS/c13-8-3-1-2-7(4-8)11-16-17-10(18)5-9(6-14)15-12(17)19-11/h1-5H,6,14H2. The normalized spacial score (nSPS) is 11.1. The van der Waals surface area contributed by atoms with Crippen molar-refractivity contribution in [2.24, 2.45) is 5.73 Å². The lowest BCUT2D eigenvalue weighted by atomic mass is 10.2. The van der Waals surface area contributed by atoms with Gasteiger partial charge in [0, 0.05) is 18.2 Å². The Hall–Kier alpha value is -2.12. The Labute approximate surface area is 111 Å². The Balaban J connectivity index is 2.22. The molecule has 0 aliphatic carbocycles. The zero-order valence-electron chi connectivity index (χ0n) is 9.71. The number of nitrogens with zero attached hydrogens (tertiary/aromatic N) is 3. The van der Waals surface area contributed by atoms with E-state index in [2.05, 4.69) is 10.1 Å². The van der Waals surface area contributed by atoms with E-state index in [1.165, 1.54) is 34.1 Å². The Morgan fingerprint density at radius 2 is 2.21 bits per heavy atom. The predicted molar refractivity (Wildman–Crippen MR) is 70.4 cm³/mol. The average Bonchev–Trinajstić information content (AvgIpc) is 2.83. The van der Waals surface area contributed by atoms with Crippen LogP contribution in [0.15, 0.2) is 35.1 Å². The molecule has 0 unspecified atom stereocenters. The van der Waals surface area contributed by atoms with Gasteiger partial charge in [0.05, 0.1) is 5.69 Å². The van der Waals surface area contributed by atoms with Crippen LogP contribution in [0.1, 0.15) is 5.69 Å². The van der Waals surface area contributed by atoms with Crippen molar-refractivity contribution in [3.05, 3.63) is 52.2 Å². The molecule has 0 spiro atoms. The van der Waals surface area contributed by atoms with Crippen LogP contribution in [-0.4, -0.2) is 14.6 Å². The molecule has 0 saturated heterocycles. The van der Waals surface area contributed by atoms with Crippen LogP contribution in [0.5, 0.6) is 0 Å². The fraction of sp³-hybridized carbons (Fsp3) is 0.0833. The minimum atomic E-state index is -0.347. The molecule has 3 aromatic rings. The quantitative estimate of drug-likeness (QED) is 0.768. The van der Waals surface area contributed by atoms with E-state index in [1.807, 2.05) is 0 Å². The third kappa shape index (κ3) is 2.13. The number of halogens is 1. The molecule has 3 rings (SSSR count). The first kappa shape index (κ1) is 11.9. The van der Waals surface area contributed by atoms with Crippen molar-refractivity contribution < 1.29 is 4.39 Å². The molecule has 0 saturated carbocycles. The third-order valence-corrected chi connectivity index (χ3v) is 3.54. The average molecular weight is 276 g/mol. The van der Waals surface area contributed by atoms with Crippen LogP contribution in [0.2, 0.25) is 0 Å². The van der Waals surface area contributed by atoms with Crippen LogP contribution in [0.4, 0.5) is 4.39 Å². The Kier molecular flexibility index (Phi) is 2.84. The van der Waals surface area contributed by atoms with Gasteiger partial charge >= 0.3 is 0 Å². The van der Waals surface area contributed by atoms with Crippen LogP contribution in [0.25, 0.3) is 15.5 Å². The van der Waals surface area contributed by atoms with Crippen molar-refractivity contribution in [1.82, 2.24) is 14.6 Å². The molecule has 7 heteroatoms. The Morgan fingerprint density at radius 1 is 1.37 bits per heavy atom. The van der Waals surface area contributed by atoms with E-state index in [4.69, 9.17) is 5.73 Å². The zero-order chi connectivity index (χ0) is 13.4. The van der Waals surface area contributed by atoms with Gasteiger partial charge in [0.2, 0.25) is 4.96 Å². The van der Waals surface area contributed by atoms with Crippen molar-refractivity contribution in [2.75, 3.05) is 0 Å². The summed E-state index contributed by atoms with van der Waals surface area (Å²) in [7, 11) is 0. The molecule has 1 aromatic carbocycles. The van der Waals surface area contributed by atoms with Crippen molar-refractivity contribution in [2.45, 2.75) is 6.54 Å². The van der Waals surface area contributed by atoms with Gasteiger partial charge in [-0.25, -0.2) is 9.37 Å². The number of nitrogens with two attached hydrogens (primary N) is 1. The second kappa shape index (κ2) is 4.52. The first-order valence-corrected chi connectivity index (χ1v) is 6.35. The topological polar surface area (TPSA) is 73.3 Å². The minimum Gasteiger partial charge on any atom is -0.325 e. The van der Waals surface area contributed by atoms with Crippen molar-refractivity contribution in [3.8, 4) is 10.6 Å². The van der Waals surface area contributed by atoms with E-state index >= 15 is 0 Å². The highest BCUT2D eigenvalue weighted by Gasteiger charge is 2.10. The Morgan fingerprint density at radius 3 is 2.95 bits per heavy atom. The monoisotopic (exact) mass is 276 g/mol. The van der Waals surface area contributed by atoms with Crippen molar-refractivity contribution in [3.63, 3.8) is 0 Å². The van der Waals surface area contributed by atoms with Gasteiger partial charge in [-0.2, -0.15) is 9.61 Å². The molecular weight excluding hydrogens is 267 g/mol. The van der Waals surface area contributed by atoms with E-state index < -0.39 is 0 Å². The maximum Gasteiger partial charge on any atom is 0.275 e. The molecular formula is C12H9FN4OS. The number of aromatic nitrogens is 3. The highest BCUT2D eigenvalue weighted by atomic mass is 32.1. The highest BCUT2D eigenvalue weighted by molar-refractivity contribution is 7.19. The number of benzene rings is 1. The van der Waals surface area contributed by atoms with Crippen LogP contribution in [-0.2, 0) is 6.54 Å². The minimum absolute atomic E-state index is 0.193. The summed E-state index contributed by atoms with van der Waals surface area (Å²) >= 11 is 1.22. The van der Waals surface area contributed by atoms with Crippen LogP contribution < -0.4 is 11.3 Å². The summed E-state index contributed by atoms with van der Waals surface area (Å²) in [6, 6.07) is 7.40. The summed E-state index contributed by atoms with van der Waals surface area (Å²) in [5, 5.41) is 4.69. The van der Waals surface area contributed by atoms with Gasteiger partial charge in [-0.3, -0.25) is 4.79 Å². The van der Waals surface area contributed by atoms with Crippen molar-refractivity contribution >= 4 is 16.3 Å². The van der Waals surface area contributed by atoms with Gasteiger partial charge in [0.1, 0.15) is 10.8 Å². The lowest BCUT2D eigenvalue weighted by molar-refractivity contribution is 0.628. The summed E-state index contributed by atoms with van der Waals surface area (Å²) in [4.78, 5) is 16.5. The van der Waals surface area contributed by atoms with Gasteiger partial charge in [-0.1, -0.05) is 23.5 Å². The summed E-state index contributed by atoms with van der Waals surface area (Å²) < 4.78 is 14.4. The lowest BCUT2D eigenvalue weighted by Crippen LogP contribution is -2.16. The molecule has 0 radical (unpaired) electrons. The summed E-state index contributed by atoms with van der Waals surface area (Å²) in [6.07, 6.45) is 0. The largest absolute Gasteiger partial charge is 0.325 e. The smallest absolute Gasteiger partial charge is 0.275 e. The molecule has 0 atom stereocenters. The molecule has 2 N–H and O–H groups in total.